The maximum atomic E-state index is 4.69. The molecule has 4 heteroatoms. The van der Waals surface area contributed by atoms with Gasteiger partial charge in [-0.15, -0.1) is 11.3 Å². The van der Waals surface area contributed by atoms with Crippen molar-refractivity contribution in [3.63, 3.8) is 0 Å². The molecule has 0 bridgehead atoms. The van der Waals surface area contributed by atoms with Crippen LogP contribution in [0.1, 0.15) is 30.0 Å². The van der Waals surface area contributed by atoms with Gasteiger partial charge in [-0.2, -0.15) is 0 Å². The van der Waals surface area contributed by atoms with Crippen LogP contribution in [0.2, 0.25) is 0 Å². The summed E-state index contributed by atoms with van der Waals surface area (Å²) in [5, 5.41) is 4.47. The number of rotatable bonds is 5. The lowest BCUT2D eigenvalue weighted by atomic mass is 10.1. The number of hydrogen-bond donors (Lipinski definition) is 1. The van der Waals surface area contributed by atoms with Gasteiger partial charge in [0.1, 0.15) is 5.01 Å². The molecule has 2 heterocycles. The Hall–Kier alpha value is -1.26. The fourth-order valence-corrected chi connectivity index (χ4v) is 2.96. The van der Waals surface area contributed by atoms with Gasteiger partial charge in [-0.3, -0.25) is 4.98 Å². The SMILES string of the molecule is CCNCc1sc(-c2ccncc2CC)nc1C. The number of aryl methyl sites for hydroxylation is 2. The average molecular weight is 261 g/mol. The molecule has 96 valence electrons. The molecule has 0 radical (unpaired) electrons. The molecular weight excluding hydrogens is 242 g/mol. The molecule has 0 aliphatic carbocycles. The van der Waals surface area contributed by atoms with Crippen LogP contribution in [0.5, 0.6) is 0 Å². The van der Waals surface area contributed by atoms with Gasteiger partial charge in [0.25, 0.3) is 0 Å². The van der Waals surface area contributed by atoms with E-state index in [0.717, 1.165) is 30.2 Å². The summed E-state index contributed by atoms with van der Waals surface area (Å²) in [5.41, 5.74) is 3.62. The number of hydrogen-bond acceptors (Lipinski definition) is 4. The summed E-state index contributed by atoms with van der Waals surface area (Å²) in [6, 6.07) is 2.06. The zero-order chi connectivity index (χ0) is 13.0. The second kappa shape index (κ2) is 6.07. The van der Waals surface area contributed by atoms with E-state index in [2.05, 4.69) is 37.1 Å². The van der Waals surface area contributed by atoms with E-state index in [1.807, 2.05) is 12.4 Å². The van der Waals surface area contributed by atoms with Crippen LogP contribution in [0.4, 0.5) is 0 Å². The van der Waals surface area contributed by atoms with Crippen molar-refractivity contribution in [3.05, 3.63) is 34.6 Å². The minimum absolute atomic E-state index is 0.909. The van der Waals surface area contributed by atoms with Crippen LogP contribution in [0, 0.1) is 6.92 Å². The summed E-state index contributed by atoms with van der Waals surface area (Å²) in [7, 11) is 0. The molecule has 2 rings (SSSR count). The van der Waals surface area contributed by atoms with E-state index in [1.165, 1.54) is 16.0 Å². The Morgan fingerprint density at radius 2 is 2.17 bits per heavy atom. The summed E-state index contributed by atoms with van der Waals surface area (Å²) < 4.78 is 0. The summed E-state index contributed by atoms with van der Waals surface area (Å²) in [6.07, 6.45) is 4.77. The maximum absolute atomic E-state index is 4.69. The predicted molar refractivity (Wildman–Crippen MR) is 76.8 cm³/mol. The number of pyridine rings is 1. The summed E-state index contributed by atoms with van der Waals surface area (Å²) in [4.78, 5) is 10.2. The Bertz CT molecular complexity index is 520. The van der Waals surface area contributed by atoms with Crippen LogP contribution in [-0.2, 0) is 13.0 Å². The molecule has 3 nitrogen and oxygen atoms in total. The molecule has 18 heavy (non-hydrogen) atoms. The molecule has 0 amide bonds. The summed E-state index contributed by atoms with van der Waals surface area (Å²) in [5.74, 6) is 0. The van der Waals surface area contributed by atoms with Gasteiger partial charge >= 0.3 is 0 Å². The Kier molecular flexibility index (Phi) is 4.44. The van der Waals surface area contributed by atoms with Gasteiger partial charge in [-0.05, 0) is 31.5 Å². The van der Waals surface area contributed by atoms with Crippen LogP contribution in [0.25, 0.3) is 10.6 Å². The first-order chi connectivity index (χ1) is 8.76. The van der Waals surface area contributed by atoms with Crippen LogP contribution in [0.15, 0.2) is 18.5 Å². The van der Waals surface area contributed by atoms with Crippen molar-refractivity contribution in [1.29, 1.82) is 0 Å². The molecule has 2 aromatic rings. The first-order valence-corrected chi connectivity index (χ1v) is 7.18. The molecule has 1 N–H and O–H groups in total. The zero-order valence-corrected chi connectivity index (χ0v) is 12.0. The van der Waals surface area contributed by atoms with Gasteiger partial charge in [-0.1, -0.05) is 13.8 Å². The zero-order valence-electron chi connectivity index (χ0n) is 11.2. The highest BCUT2D eigenvalue weighted by atomic mass is 32.1. The van der Waals surface area contributed by atoms with Crippen molar-refractivity contribution in [1.82, 2.24) is 15.3 Å². The maximum Gasteiger partial charge on any atom is 0.124 e. The van der Waals surface area contributed by atoms with Gasteiger partial charge < -0.3 is 5.32 Å². The van der Waals surface area contributed by atoms with E-state index < -0.39 is 0 Å². The normalized spacial score (nSPS) is 10.8. The van der Waals surface area contributed by atoms with Gasteiger partial charge in [-0.25, -0.2) is 4.98 Å². The van der Waals surface area contributed by atoms with Gasteiger partial charge in [0.15, 0.2) is 0 Å². The van der Waals surface area contributed by atoms with Crippen molar-refractivity contribution < 1.29 is 0 Å². The highest BCUT2D eigenvalue weighted by Gasteiger charge is 2.11. The third-order valence-electron chi connectivity index (χ3n) is 2.94. The smallest absolute Gasteiger partial charge is 0.124 e. The van der Waals surface area contributed by atoms with Gasteiger partial charge in [0.05, 0.1) is 5.69 Å². The number of thiazole rings is 1. The molecule has 0 fully saturated rings. The first-order valence-electron chi connectivity index (χ1n) is 6.36. The minimum atomic E-state index is 0.909. The largest absolute Gasteiger partial charge is 0.312 e. The first kappa shape index (κ1) is 13.2. The highest BCUT2D eigenvalue weighted by Crippen LogP contribution is 2.30. The number of aromatic nitrogens is 2. The van der Waals surface area contributed by atoms with E-state index in [9.17, 15) is 0 Å². The Morgan fingerprint density at radius 3 is 2.89 bits per heavy atom. The standard InChI is InChI=1S/C14H19N3S/c1-4-11-8-16-7-6-12(11)14-17-10(3)13(18-14)9-15-5-2/h6-8,15H,4-5,9H2,1-3H3. The summed E-state index contributed by atoms with van der Waals surface area (Å²) in [6.45, 7) is 8.25. The van der Waals surface area contributed by atoms with Crippen LogP contribution in [-0.4, -0.2) is 16.5 Å². The van der Waals surface area contributed by atoms with Crippen molar-refractivity contribution in [2.45, 2.75) is 33.7 Å². The van der Waals surface area contributed by atoms with Crippen molar-refractivity contribution in [2.24, 2.45) is 0 Å². The molecule has 0 aromatic carbocycles. The molecule has 0 unspecified atom stereocenters. The molecular formula is C14H19N3S. The molecule has 0 spiro atoms. The molecule has 0 atom stereocenters. The van der Waals surface area contributed by atoms with E-state index in [1.54, 1.807) is 11.3 Å². The predicted octanol–water partition coefficient (Wildman–Crippen LogP) is 3.19. The topological polar surface area (TPSA) is 37.8 Å². The molecule has 0 saturated heterocycles. The monoisotopic (exact) mass is 261 g/mol. The second-order valence-corrected chi connectivity index (χ2v) is 5.28. The van der Waals surface area contributed by atoms with Crippen molar-refractivity contribution in [2.75, 3.05) is 6.54 Å². The van der Waals surface area contributed by atoms with Crippen LogP contribution >= 0.6 is 11.3 Å². The second-order valence-electron chi connectivity index (χ2n) is 4.19. The fraction of sp³-hybridized carbons (Fsp3) is 0.429. The third kappa shape index (κ3) is 2.76. The average Bonchev–Trinajstić information content (AvgIpc) is 2.77. The lowest BCUT2D eigenvalue weighted by Gasteiger charge is -2.02. The lowest BCUT2D eigenvalue weighted by molar-refractivity contribution is 0.731. The van der Waals surface area contributed by atoms with E-state index in [4.69, 9.17) is 4.98 Å². The lowest BCUT2D eigenvalue weighted by Crippen LogP contribution is -2.11. The molecule has 0 saturated carbocycles. The molecule has 2 aromatic heterocycles. The van der Waals surface area contributed by atoms with E-state index in [0.29, 0.717) is 0 Å². The third-order valence-corrected chi connectivity index (χ3v) is 4.13. The van der Waals surface area contributed by atoms with Crippen LogP contribution in [0.3, 0.4) is 0 Å². The minimum Gasteiger partial charge on any atom is -0.312 e. The van der Waals surface area contributed by atoms with Gasteiger partial charge in [0, 0.05) is 29.4 Å². The van der Waals surface area contributed by atoms with Gasteiger partial charge in [0.2, 0.25) is 0 Å². The van der Waals surface area contributed by atoms with E-state index in [-0.39, 0.29) is 0 Å². The van der Waals surface area contributed by atoms with Crippen LogP contribution < -0.4 is 5.32 Å². The molecule has 0 aliphatic heterocycles. The highest BCUT2D eigenvalue weighted by molar-refractivity contribution is 7.15. The van der Waals surface area contributed by atoms with E-state index >= 15 is 0 Å². The Labute approximate surface area is 112 Å². The fourth-order valence-electron chi connectivity index (χ4n) is 1.86. The Morgan fingerprint density at radius 1 is 1.33 bits per heavy atom. The number of nitrogens with one attached hydrogen (secondary N) is 1. The van der Waals surface area contributed by atoms with Crippen molar-refractivity contribution in [3.8, 4) is 10.6 Å². The molecule has 0 aliphatic rings. The summed E-state index contributed by atoms with van der Waals surface area (Å²) >= 11 is 1.78. The number of nitrogens with zero attached hydrogens (tertiary/aromatic N) is 2. The Balaban J connectivity index is 2.33. The van der Waals surface area contributed by atoms with Crippen molar-refractivity contribution >= 4 is 11.3 Å². The quantitative estimate of drug-likeness (QED) is 0.898.